The molecule has 1 fully saturated rings. The molecule has 0 unspecified atom stereocenters. The van der Waals surface area contributed by atoms with Crippen molar-refractivity contribution in [2.75, 3.05) is 20.3 Å². The Hall–Kier alpha value is -2.45. The van der Waals surface area contributed by atoms with E-state index in [2.05, 4.69) is 4.99 Å². The third-order valence-electron chi connectivity index (χ3n) is 4.30. The van der Waals surface area contributed by atoms with E-state index >= 15 is 0 Å². The molecule has 2 aromatic carbocycles. The number of carbonyl (C=O) groups is 1. The van der Waals surface area contributed by atoms with Crippen molar-refractivity contribution in [1.82, 2.24) is 4.90 Å². The molecule has 5 nitrogen and oxygen atoms in total. The molecule has 0 aliphatic carbocycles. The summed E-state index contributed by atoms with van der Waals surface area (Å²) in [5.74, 6) is 0.500. The van der Waals surface area contributed by atoms with Crippen LogP contribution in [-0.2, 0) is 9.53 Å². The van der Waals surface area contributed by atoms with E-state index in [9.17, 15) is 4.79 Å². The lowest BCUT2D eigenvalue weighted by Gasteiger charge is -2.14. The lowest BCUT2D eigenvalue weighted by atomic mass is 10.3. The molecule has 2 heterocycles. The van der Waals surface area contributed by atoms with Crippen LogP contribution >= 0.6 is 35.1 Å². The summed E-state index contributed by atoms with van der Waals surface area (Å²) in [4.78, 5) is 20.9. The van der Waals surface area contributed by atoms with Gasteiger partial charge in [0.25, 0.3) is 5.91 Å². The Morgan fingerprint density at radius 1 is 1.13 bits per heavy atom. The fraction of sp³-hybridized carbons (Fsp3) is 0.130. The van der Waals surface area contributed by atoms with Crippen LogP contribution in [0.5, 0.6) is 0 Å². The highest BCUT2D eigenvalue weighted by Gasteiger charge is 2.33. The third kappa shape index (κ3) is 5.62. The van der Waals surface area contributed by atoms with Gasteiger partial charge < -0.3 is 9.15 Å². The molecule has 1 saturated heterocycles. The highest BCUT2D eigenvalue weighted by molar-refractivity contribution is 8.18. The van der Waals surface area contributed by atoms with Crippen molar-refractivity contribution in [3.63, 3.8) is 0 Å². The Kier molecular flexibility index (Phi) is 7.19. The Bertz CT molecular complexity index is 1110. The van der Waals surface area contributed by atoms with E-state index in [-0.39, 0.29) is 5.91 Å². The van der Waals surface area contributed by atoms with Gasteiger partial charge in [-0.05, 0) is 60.3 Å². The lowest BCUT2D eigenvalue weighted by Crippen LogP contribution is -2.32. The predicted octanol–water partition coefficient (Wildman–Crippen LogP) is 6.33. The number of methoxy groups -OCH3 is 1. The molecule has 0 atom stereocenters. The number of amides is 1. The van der Waals surface area contributed by atoms with E-state index in [0.717, 1.165) is 15.7 Å². The summed E-state index contributed by atoms with van der Waals surface area (Å²) in [6, 6.07) is 20.9. The number of amidine groups is 1. The van der Waals surface area contributed by atoms with Crippen molar-refractivity contribution in [2.45, 2.75) is 9.99 Å². The van der Waals surface area contributed by atoms with Crippen molar-refractivity contribution in [1.29, 1.82) is 0 Å². The number of nitrogens with zero attached hydrogens (tertiary/aromatic N) is 2. The topological polar surface area (TPSA) is 55.0 Å². The Morgan fingerprint density at radius 3 is 2.65 bits per heavy atom. The number of aliphatic imine (C=N–C) groups is 1. The zero-order chi connectivity index (χ0) is 21.6. The number of halogens is 1. The SMILES string of the molecule is COCCN1C(=O)/C(=C\c2ccc(Sc3ccc(Cl)cc3)o2)SC1=Nc1ccccc1. The van der Waals surface area contributed by atoms with Crippen LogP contribution in [0.4, 0.5) is 5.69 Å². The highest BCUT2D eigenvalue weighted by atomic mass is 35.5. The summed E-state index contributed by atoms with van der Waals surface area (Å²) in [6.07, 6.45) is 1.76. The number of rotatable bonds is 7. The van der Waals surface area contributed by atoms with Crippen LogP contribution in [0.3, 0.4) is 0 Å². The minimum atomic E-state index is -0.111. The fourth-order valence-electron chi connectivity index (χ4n) is 2.80. The van der Waals surface area contributed by atoms with Crippen molar-refractivity contribution >= 4 is 58.0 Å². The molecule has 0 saturated carbocycles. The molecule has 1 aliphatic heterocycles. The largest absolute Gasteiger partial charge is 0.450 e. The van der Waals surface area contributed by atoms with Crippen LogP contribution in [0.2, 0.25) is 5.02 Å². The first-order valence-electron chi connectivity index (χ1n) is 9.50. The smallest absolute Gasteiger partial charge is 0.266 e. The summed E-state index contributed by atoms with van der Waals surface area (Å²) >= 11 is 8.76. The molecule has 0 radical (unpaired) electrons. The Morgan fingerprint density at radius 2 is 1.90 bits per heavy atom. The lowest BCUT2D eigenvalue weighted by molar-refractivity contribution is -0.122. The maximum atomic E-state index is 13.0. The van der Waals surface area contributed by atoms with Crippen molar-refractivity contribution < 1.29 is 13.9 Å². The zero-order valence-electron chi connectivity index (χ0n) is 16.7. The molecule has 4 rings (SSSR count). The summed E-state index contributed by atoms with van der Waals surface area (Å²) < 4.78 is 11.1. The molecule has 1 aliphatic rings. The number of benzene rings is 2. The second kappa shape index (κ2) is 10.2. The predicted molar refractivity (Wildman–Crippen MR) is 127 cm³/mol. The first-order valence-corrected chi connectivity index (χ1v) is 11.5. The number of hydrogen-bond acceptors (Lipinski definition) is 6. The molecule has 158 valence electrons. The summed E-state index contributed by atoms with van der Waals surface area (Å²) in [5.41, 5.74) is 0.793. The standard InChI is InChI=1S/C23H19ClN2O3S2/c1-28-14-13-26-22(27)20(31-23(26)25-17-5-3-2-4-6-17)15-18-9-12-21(29-18)30-19-10-7-16(24)8-11-19/h2-12,15H,13-14H2,1H3/b20-15+,25-23?. The van der Waals surface area contributed by atoms with Crippen LogP contribution in [0.25, 0.3) is 6.08 Å². The molecule has 1 aromatic heterocycles. The van der Waals surface area contributed by atoms with E-state index in [1.54, 1.807) is 18.1 Å². The number of carbonyl (C=O) groups excluding carboxylic acids is 1. The van der Waals surface area contributed by atoms with Gasteiger partial charge in [0.2, 0.25) is 0 Å². The molecule has 0 N–H and O–H groups in total. The third-order valence-corrected chi connectivity index (χ3v) is 6.48. The quantitative estimate of drug-likeness (QED) is 0.377. The van der Waals surface area contributed by atoms with Gasteiger partial charge in [0.05, 0.1) is 23.7 Å². The van der Waals surface area contributed by atoms with Crippen molar-refractivity contribution in [3.8, 4) is 0 Å². The Labute approximate surface area is 194 Å². The van der Waals surface area contributed by atoms with Crippen LogP contribution in [0.1, 0.15) is 5.76 Å². The van der Waals surface area contributed by atoms with E-state index in [1.807, 2.05) is 66.7 Å². The fourth-order valence-corrected chi connectivity index (χ4v) is 4.71. The van der Waals surface area contributed by atoms with Gasteiger partial charge in [0, 0.05) is 23.1 Å². The molecule has 8 heteroatoms. The molecule has 1 amide bonds. The zero-order valence-corrected chi connectivity index (χ0v) is 19.0. The number of furan rings is 1. The van der Waals surface area contributed by atoms with Gasteiger partial charge in [0.1, 0.15) is 5.76 Å². The minimum absolute atomic E-state index is 0.111. The van der Waals surface area contributed by atoms with Crippen molar-refractivity contribution in [3.05, 3.63) is 82.4 Å². The average Bonchev–Trinajstić information content (AvgIpc) is 3.33. The van der Waals surface area contributed by atoms with Gasteiger partial charge in [-0.25, -0.2) is 4.99 Å². The van der Waals surface area contributed by atoms with Crippen LogP contribution < -0.4 is 0 Å². The highest BCUT2D eigenvalue weighted by Crippen LogP contribution is 2.36. The van der Waals surface area contributed by atoms with Crippen LogP contribution in [-0.4, -0.2) is 36.2 Å². The summed E-state index contributed by atoms with van der Waals surface area (Å²) in [7, 11) is 1.61. The van der Waals surface area contributed by atoms with E-state index in [0.29, 0.717) is 34.0 Å². The maximum absolute atomic E-state index is 13.0. The molecule has 3 aromatic rings. The second-order valence-corrected chi connectivity index (χ2v) is 9.03. The number of ether oxygens (including phenoxy) is 1. The molecular formula is C23H19ClN2O3S2. The number of hydrogen-bond donors (Lipinski definition) is 0. The minimum Gasteiger partial charge on any atom is -0.450 e. The molecular weight excluding hydrogens is 452 g/mol. The van der Waals surface area contributed by atoms with Gasteiger partial charge in [0.15, 0.2) is 10.3 Å². The molecule has 31 heavy (non-hydrogen) atoms. The first-order chi connectivity index (χ1) is 15.1. The average molecular weight is 471 g/mol. The van der Waals surface area contributed by atoms with E-state index < -0.39 is 0 Å². The summed E-state index contributed by atoms with van der Waals surface area (Å²) in [6.45, 7) is 0.858. The van der Waals surface area contributed by atoms with Gasteiger partial charge in [-0.2, -0.15) is 0 Å². The van der Waals surface area contributed by atoms with Crippen LogP contribution in [0, 0.1) is 0 Å². The number of thioether (sulfide) groups is 1. The van der Waals surface area contributed by atoms with Crippen molar-refractivity contribution in [2.24, 2.45) is 4.99 Å². The van der Waals surface area contributed by atoms with E-state index in [4.69, 9.17) is 20.8 Å². The normalized spacial score (nSPS) is 16.6. The van der Waals surface area contributed by atoms with Gasteiger partial charge in [-0.15, -0.1) is 0 Å². The molecule has 0 spiro atoms. The van der Waals surface area contributed by atoms with Gasteiger partial charge in [-0.3, -0.25) is 9.69 Å². The molecule has 0 bridgehead atoms. The monoisotopic (exact) mass is 470 g/mol. The van der Waals surface area contributed by atoms with Gasteiger partial charge in [-0.1, -0.05) is 41.6 Å². The van der Waals surface area contributed by atoms with Crippen LogP contribution in [0.15, 0.2) is 91.0 Å². The Balaban J connectivity index is 1.54. The summed E-state index contributed by atoms with van der Waals surface area (Å²) in [5, 5.41) is 2.05. The second-order valence-electron chi connectivity index (χ2n) is 6.50. The number of para-hydroxylation sites is 1. The van der Waals surface area contributed by atoms with Gasteiger partial charge >= 0.3 is 0 Å². The van der Waals surface area contributed by atoms with E-state index in [1.165, 1.54) is 23.5 Å². The maximum Gasteiger partial charge on any atom is 0.266 e. The first kappa shape index (κ1) is 21.8.